The van der Waals surface area contributed by atoms with Gasteiger partial charge in [0.2, 0.25) is 0 Å². The quantitative estimate of drug-likeness (QED) is 0.119. The van der Waals surface area contributed by atoms with Gasteiger partial charge in [-0.3, -0.25) is 0 Å². The van der Waals surface area contributed by atoms with Crippen molar-refractivity contribution in [1.29, 1.82) is 0 Å². The molecule has 6 unspecified atom stereocenters. The molecule has 0 amide bonds. The van der Waals surface area contributed by atoms with Crippen molar-refractivity contribution < 1.29 is 55.0 Å². The smallest absolute Gasteiger partial charge is 0.377 e. The van der Waals surface area contributed by atoms with Crippen LogP contribution < -0.4 is 11.5 Å². The Morgan fingerprint density at radius 2 is 0.725 bits per heavy atom. The summed E-state index contributed by atoms with van der Waals surface area (Å²) in [7, 11) is 3.78. The lowest BCUT2D eigenvalue weighted by Gasteiger charge is -2.37. The number of ether oxygens (including phenoxy) is 6. The predicted molar refractivity (Wildman–Crippen MR) is 154 cm³/mol. The fourth-order valence-corrected chi connectivity index (χ4v) is 7.86. The molecule has 244 valence electrons. The molecule has 0 bridgehead atoms. The van der Waals surface area contributed by atoms with Crippen LogP contribution in [0.3, 0.4) is 0 Å². The van der Waals surface area contributed by atoms with Crippen molar-refractivity contribution in [2.45, 2.75) is 104 Å². The Labute approximate surface area is 244 Å². The zero-order chi connectivity index (χ0) is 31.2. The maximum atomic E-state index is 6.18. The van der Waals surface area contributed by atoms with Gasteiger partial charge in [-0.05, 0) is 67.5 Å². The molecule has 0 aliphatic carbocycles. The van der Waals surface area contributed by atoms with Crippen molar-refractivity contribution in [2.75, 3.05) is 55.7 Å². The molecule has 0 aromatic rings. The van der Waals surface area contributed by atoms with E-state index >= 15 is 0 Å². The number of hydrogen-bond donors (Lipinski definition) is 2. The zero-order valence-electron chi connectivity index (χ0n) is 26.8. The number of hydrogen-bond acceptors (Lipinski definition) is 14. The van der Waals surface area contributed by atoms with Crippen LogP contribution in [0.4, 0.5) is 0 Å². The first-order valence-electron chi connectivity index (χ1n) is 13.5. The lowest BCUT2D eigenvalue weighted by Crippen LogP contribution is -2.53. The van der Waals surface area contributed by atoms with Gasteiger partial charge in [-0.2, -0.15) is 0 Å². The SMILES string of the molecule is COC(C)OC(C)O[Si](CCCN)(OC(C)OC(C)OC)OC(C)OC(C)OC.CO[Si](CCCN)(OC)OC. The van der Waals surface area contributed by atoms with Crippen molar-refractivity contribution in [1.82, 2.24) is 0 Å². The maximum absolute atomic E-state index is 6.18. The van der Waals surface area contributed by atoms with E-state index in [1.54, 1.807) is 84.2 Å². The molecule has 0 saturated carbocycles. The highest BCUT2D eigenvalue weighted by atomic mass is 28.4. The molecule has 0 saturated heterocycles. The maximum Gasteiger partial charge on any atom is 0.506 e. The van der Waals surface area contributed by atoms with E-state index in [-0.39, 0.29) is 0 Å². The summed E-state index contributed by atoms with van der Waals surface area (Å²) < 4.78 is 66.5. The lowest BCUT2D eigenvalue weighted by molar-refractivity contribution is -0.251. The summed E-state index contributed by atoms with van der Waals surface area (Å²) in [6, 6.07) is 1.23. The normalized spacial score (nSPS) is 18.1. The summed E-state index contributed by atoms with van der Waals surface area (Å²) in [6.07, 6.45) is -1.86. The Hall–Kier alpha value is -0.126. The molecule has 0 fully saturated rings. The molecule has 0 aromatic heterocycles. The van der Waals surface area contributed by atoms with Gasteiger partial charge in [0.25, 0.3) is 0 Å². The highest BCUT2D eigenvalue weighted by molar-refractivity contribution is 6.61. The van der Waals surface area contributed by atoms with Gasteiger partial charge in [0.15, 0.2) is 37.7 Å². The minimum atomic E-state index is -3.37. The summed E-state index contributed by atoms with van der Waals surface area (Å²) in [6.45, 7) is 11.6. The van der Waals surface area contributed by atoms with Crippen LogP contribution in [0.25, 0.3) is 0 Å². The Morgan fingerprint density at radius 1 is 0.450 bits per heavy atom. The second-order valence-corrected chi connectivity index (χ2v) is 14.3. The van der Waals surface area contributed by atoms with Gasteiger partial charge in [0.1, 0.15) is 0 Å². The van der Waals surface area contributed by atoms with E-state index in [1.807, 2.05) is 0 Å². The van der Waals surface area contributed by atoms with Crippen molar-refractivity contribution >= 4 is 17.6 Å². The van der Waals surface area contributed by atoms with Gasteiger partial charge < -0.3 is 66.4 Å². The van der Waals surface area contributed by atoms with Gasteiger partial charge in [-0.1, -0.05) is 0 Å². The zero-order valence-corrected chi connectivity index (χ0v) is 28.8. The molecule has 0 spiro atoms. The fourth-order valence-electron chi connectivity index (χ4n) is 3.27. The second kappa shape index (κ2) is 24.3. The van der Waals surface area contributed by atoms with Crippen LogP contribution in [-0.2, 0) is 55.0 Å². The Balaban J connectivity index is 0. The van der Waals surface area contributed by atoms with E-state index in [2.05, 4.69) is 0 Å². The van der Waals surface area contributed by atoms with E-state index in [9.17, 15) is 0 Å². The van der Waals surface area contributed by atoms with Crippen LogP contribution in [0.1, 0.15) is 54.4 Å². The first kappa shape index (κ1) is 42.0. The largest absolute Gasteiger partial charge is 0.506 e. The highest BCUT2D eigenvalue weighted by Gasteiger charge is 2.47. The molecule has 4 N–H and O–H groups in total. The summed E-state index contributed by atoms with van der Waals surface area (Å²) in [4.78, 5) is 0. The van der Waals surface area contributed by atoms with E-state index in [1.165, 1.54) is 0 Å². The van der Waals surface area contributed by atoms with Crippen LogP contribution in [-0.4, -0.2) is 111 Å². The second-order valence-electron chi connectivity index (χ2n) is 8.64. The average Bonchev–Trinajstić information content (AvgIpc) is 2.92. The third kappa shape index (κ3) is 19.1. The van der Waals surface area contributed by atoms with Gasteiger partial charge in [-0.25, -0.2) is 0 Å². The van der Waals surface area contributed by atoms with Gasteiger partial charge in [0.05, 0.1) is 0 Å². The molecule has 6 atom stereocenters. The van der Waals surface area contributed by atoms with E-state index in [4.69, 9.17) is 66.4 Å². The molecule has 0 aliphatic rings. The van der Waals surface area contributed by atoms with Crippen molar-refractivity contribution in [3.05, 3.63) is 0 Å². The lowest BCUT2D eigenvalue weighted by atomic mass is 10.5. The molecular formula is C24H58N2O12Si2. The monoisotopic (exact) mass is 622 g/mol. The molecule has 0 rings (SSSR count). The minimum Gasteiger partial charge on any atom is -0.377 e. The Morgan fingerprint density at radius 3 is 0.950 bits per heavy atom. The summed E-state index contributed by atoms with van der Waals surface area (Å²) >= 11 is 0. The summed E-state index contributed by atoms with van der Waals surface area (Å²) in [5.74, 6) is 0. The van der Waals surface area contributed by atoms with Crippen LogP contribution in [0, 0.1) is 0 Å². The number of nitrogens with two attached hydrogens (primary N) is 2. The van der Waals surface area contributed by atoms with E-state index in [0.717, 1.165) is 12.5 Å². The minimum absolute atomic E-state index is 0.446. The first-order chi connectivity index (χ1) is 18.8. The molecule has 0 heterocycles. The molecule has 14 nitrogen and oxygen atoms in total. The molecule has 16 heteroatoms. The Bertz CT molecular complexity index is 525. The summed E-state index contributed by atoms with van der Waals surface area (Å²) in [5.41, 5.74) is 11.1. The van der Waals surface area contributed by atoms with Crippen molar-refractivity contribution in [3.8, 4) is 0 Å². The van der Waals surface area contributed by atoms with Gasteiger partial charge in [0, 0.05) is 54.7 Å². The average molecular weight is 623 g/mol. The number of rotatable bonds is 24. The van der Waals surface area contributed by atoms with Crippen molar-refractivity contribution in [3.63, 3.8) is 0 Å². The van der Waals surface area contributed by atoms with Crippen LogP contribution in [0.2, 0.25) is 12.1 Å². The first-order valence-corrected chi connectivity index (χ1v) is 17.4. The molecule has 0 aliphatic heterocycles. The highest BCUT2D eigenvalue weighted by Crippen LogP contribution is 2.26. The van der Waals surface area contributed by atoms with E-state index < -0.39 is 55.3 Å². The van der Waals surface area contributed by atoms with Crippen LogP contribution in [0.5, 0.6) is 0 Å². The third-order valence-corrected chi connectivity index (χ3v) is 11.4. The topological polar surface area (TPSA) is 163 Å². The molecular weight excluding hydrogens is 564 g/mol. The predicted octanol–water partition coefficient (Wildman–Crippen LogP) is 2.60. The molecule has 40 heavy (non-hydrogen) atoms. The fraction of sp³-hybridized carbons (Fsp3) is 1.00. The third-order valence-electron chi connectivity index (χ3n) is 5.49. The molecule has 0 radical (unpaired) electrons. The van der Waals surface area contributed by atoms with Crippen molar-refractivity contribution in [2.24, 2.45) is 11.5 Å². The summed E-state index contributed by atoms with van der Waals surface area (Å²) in [5, 5.41) is 0. The van der Waals surface area contributed by atoms with Gasteiger partial charge in [-0.15, -0.1) is 0 Å². The molecule has 0 aromatic carbocycles. The van der Waals surface area contributed by atoms with E-state index in [0.29, 0.717) is 25.6 Å². The van der Waals surface area contributed by atoms with Crippen LogP contribution >= 0.6 is 0 Å². The van der Waals surface area contributed by atoms with Gasteiger partial charge >= 0.3 is 17.6 Å². The Kier molecular flexibility index (Phi) is 25.6. The number of methoxy groups -OCH3 is 3. The standard InChI is InChI=1S/C18H41NO9Si.C6H17NO3Si/c1-13(20-7)23-16(4)26-29(12-10-11-19,27-17(5)24-14(2)21-8)28-18(6)25-15(3)22-9;1-8-11(9-2,10-3)6-4-5-7/h13-18H,10-12,19H2,1-9H3;4-7H2,1-3H3. The van der Waals surface area contributed by atoms with Crippen LogP contribution in [0.15, 0.2) is 0 Å².